The van der Waals surface area contributed by atoms with E-state index < -0.39 is 0 Å². The van der Waals surface area contributed by atoms with Crippen LogP contribution < -0.4 is 5.32 Å². The molecule has 0 aromatic heterocycles. The third-order valence-corrected chi connectivity index (χ3v) is 4.68. The van der Waals surface area contributed by atoms with E-state index in [-0.39, 0.29) is 12.5 Å². The van der Waals surface area contributed by atoms with E-state index in [2.05, 4.69) is 5.32 Å². The van der Waals surface area contributed by atoms with Gasteiger partial charge in [-0.25, -0.2) is 0 Å². The molecule has 2 atom stereocenters. The van der Waals surface area contributed by atoms with E-state index in [0.717, 1.165) is 49.1 Å². The number of aliphatic hydroxyl groups is 1. The number of amides is 1. The summed E-state index contributed by atoms with van der Waals surface area (Å²) in [5.41, 5.74) is 0. The largest absolute Gasteiger partial charge is 0.396 e. The summed E-state index contributed by atoms with van der Waals surface area (Å²) in [7, 11) is 0. The zero-order valence-electron chi connectivity index (χ0n) is 9.65. The van der Waals surface area contributed by atoms with E-state index in [1.807, 2.05) is 0 Å². The SMILES string of the molecule is O=C(NCCSCCCO)C1CC2CC2C1. The first kappa shape index (κ1) is 12.2. The van der Waals surface area contributed by atoms with E-state index in [1.54, 1.807) is 11.8 Å². The molecule has 0 saturated heterocycles. The number of carbonyl (C=O) groups is 1. The first-order valence-electron chi connectivity index (χ1n) is 6.27. The highest BCUT2D eigenvalue weighted by atomic mass is 32.2. The lowest BCUT2D eigenvalue weighted by atomic mass is 10.0. The maximum Gasteiger partial charge on any atom is 0.223 e. The van der Waals surface area contributed by atoms with Crippen molar-refractivity contribution >= 4 is 17.7 Å². The van der Waals surface area contributed by atoms with Crippen molar-refractivity contribution in [2.24, 2.45) is 17.8 Å². The molecule has 0 heterocycles. The average molecular weight is 243 g/mol. The molecule has 2 fully saturated rings. The number of rotatable bonds is 7. The molecule has 92 valence electrons. The Labute approximate surface area is 101 Å². The number of carbonyl (C=O) groups excluding carboxylic acids is 1. The van der Waals surface area contributed by atoms with Crippen molar-refractivity contribution < 1.29 is 9.90 Å². The summed E-state index contributed by atoms with van der Waals surface area (Å²) in [6, 6.07) is 0. The van der Waals surface area contributed by atoms with Gasteiger partial charge in [-0.3, -0.25) is 4.79 Å². The van der Waals surface area contributed by atoms with Gasteiger partial charge in [-0.05, 0) is 43.3 Å². The maximum atomic E-state index is 11.7. The average Bonchev–Trinajstić information content (AvgIpc) is 2.90. The van der Waals surface area contributed by atoms with Gasteiger partial charge >= 0.3 is 0 Å². The van der Waals surface area contributed by atoms with E-state index in [1.165, 1.54) is 6.42 Å². The summed E-state index contributed by atoms with van der Waals surface area (Å²) in [5.74, 6) is 4.30. The van der Waals surface area contributed by atoms with Gasteiger partial charge in [0.15, 0.2) is 0 Å². The predicted molar refractivity (Wildman–Crippen MR) is 66.4 cm³/mol. The Kier molecular flexibility index (Phi) is 4.53. The highest BCUT2D eigenvalue weighted by Crippen LogP contribution is 2.54. The molecule has 0 spiro atoms. The second-order valence-corrected chi connectivity index (χ2v) is 6.13. The minimum atomic E-state index is 0.268. The molecule has 2 aliphatic carbocycles. The summed E-state index contributed by atoms with van der Waals surface area (Å²) in [6.45, 7) is 1.05. The van der Waals surface area contributed by atoms with Crippen LogP contribution in [0, 0.1) is 17.8 Å². The molecule has 2 N–H and O–H groups in total. The quantitative estimate of drug-likeness (QED) is 0.662. The van der Waals surface area contributed by atoms with Crippen LogP contribution in [-0.4, -0.2) is 35.7 Å². The molecule has 0 aromatic rings. The number of nitrogens with one attached hydrogen (secondary N) is 1. The standard InChI is InChI=1S/C12H21NO2S/c14-3-1-4-16-5-2-13-12(15)11-7-9-6-10(9)8-11/h9-11,14H,1-8H2,(H,13,15). The lowest BCUT2D eigenvalue weighted by Gasteiger charge is -2.11. The molecule has 2 aliphatic rings. The Morgan fingerprint density at radius 2 is 2.00 bits per heavy atom. The second kappa shape index (κ2) is 5.92. The van der Waals surface area contributed by atoms with E-state index in [9.17, 15) is 4.79 Å². The third-order valence-electron chi connectivity index (χ3n) is 3.61. The van der Waals surface area contributed by atoms with Crippen LogP contribution in [0.25, 0.3) is 0 Å². The van der Waals surface area contributed by atoms with Gasteiger partial charge < -0.3 is 10.4 Å². The van der Waals surface area contributed by atoms with Crippen LogP contribution in [0.3, 0.4) is 0 Å². The number of hydrogen-bond donors (Lipinski definition) is 2. The van der Waals surface area contributed by atoms with Crippen LogP contribution in [-0.2, 0) is 4.79 Å². The molecule has 1 amide bonds. The van der Waals surface area contributed by atoms with Crippen molar-refractivity contribution in [3.05, 3.63) is 0 Å². The topological polar surface area (TPSA) is 49.3 Å². The summed E-state index contributed by atoms with van der Waals surface area (Å²) in [6.07, 6.45) is 4.49. The molecule has 0 radical (unpaired) electrons. The van der Waals surface area contributed by atoms with Gasteiger partial charge in [-0.1, -0.05) is 0 Å². The van der Waals surface area contributed by atoms with E-state index >= 15 is 0 Å². The monoisotopic (exact) mass is 243 g/mol. The fraction of sp³-hybridized carbons (Fsp3) is 0.917. The Morgan fingerprint density at radius 3 is 2.69 bits per heavy atom. The van der Waals surface area contributed by atoms with E-state index in [0.29, 0.717) is 5.92 Å². The Balaban J connectivity index is 1.48. The van der Waals surface area contributed by atoms with Gasteiger partial charge in [0.1, 0.15) is 0 Å². The second-order valence-electron chi connectivity index (χ2n) is 4.90. The van der Waals surface area contributed by atoms with E-state index in [4.69, 9.17) is 5.11 Å². The van der Waals surface area contributed by atoms with Crippen LogP contribution in [0.15, 0.2) is 0 Å². The van der Waals surface area contributed by atoms with Crippen LogP contribution in [0.5, 0.6) is 0 Å². The van der Waals surface area contributed by atoms with Gasteiger partial charge in [-0.15, -0.1) is 0 Å². The fourth-order valence-corrected chi connectivity index (χ4v) is 3.37. The van der Waals surface area contributed by atoms with Crippen molar-refractivity contribution in [3.63, 3.8) is 0 Å². The molecular weight excluding hydrogens is 222 g/mol. The first-order valence-corrected chi connectivity index (χ1v) is 7.43. The van der Waals surface area contributed by atoms with Crippen LogP contribution in [0.2, 0.25) is 0 Å². The predicted octanol–water partition coefficient (Wildman–Crippen LogP) is 1.26. The van der Waals surface area contributed by atoms with Gasteiger partial charge in [-0.2, -0.15) is 11.8 Å². The maximum absolute atomic E-state index is 11.7. The van der Waals surface area contributed by atoms with Gasteiger partial charge in [0.25, 0.3) is 0 Å². The van der Waals surface area contributed by atoms with Crippen molar-refractivity contribution in [1.82, 2.24) is 5.32 Å². The minimum absolute atomic E-state index is 0.268. The van der Waals surface area contributed by atoms with Crippen LogP contribution in [0.4, 0.5) is 0 Å². The molecule has 4 heteroatoms. The summed E-state index contributed by atoms with van der Waals surface area (Å²) in [4.78, 5) is 11.7. The number of hydrogen-bond acceptors (Lipinski definition) is 3. The van der Waals surface area contributed by atoms with Crippen molar-refractivity contribution in [2.75, 3.05) is 24.7 Å². The van der Waals surface area contributed by atoms with Crippen LogP contribution >= 0.6 is 11.8 Å². The lowest BCUT2D eigenvalue weighted by molar-refractivity contribution is -0.124. The molecule has 2 saturated carbocycles. The summed E-state index contributed by atoms with van der Waals surface area (Å²) < 4.78 is 0. The molecule has 2 rings (SSSR count). The van der Waals surface area contributed by atoms with Crippen LogP contribution in [0.1, 0.15) is 25.7 Å². The third kappa shape index (κ3) is 3.39. The molecule has 16 heavy (non-hydrogen) atoms. The molecule has 3 nitrogen and oxygen atoms in total. The highest BCUT2D eigenvalue weighted by Gasteiger charge is 2.47. The Hall–Kier alpha value is -0.220. The first-order chi connectivity index (χ1) is 7.81. The lowest BCUT2D eigenvalue weighted by Crippen LogP contribution is -2.31. The molecular formula is C12H21NO2S. The van der Waals surface area contributed by atoms with Crippen molar-refractivity contribution in [3.8, 4) is 0 Å². The number of fused-ring (bicyclic) bond motifs is 1. The molecule has 0 bridgehead atoms. The fourth-order valence-electron chi connectivity index (χ4n) is 2.59. The van der Waals surface area contributed by atoms with Gasteiger partial charge in [0, 0.05) is 24.8 Å². The van der Waals surface area contributed by atoms with Gasteiger partial charge in [0.05, 0.1) is 0 Å². The summed E-state index contributed by atoms with van der Waals surface area (Å²) >= 11 is 1.80. The molecule has 0 aliphatic heterocycles. The molecule has 2 unspecified atom stereocenters. The smallest absolute Gasteiger partial charge is 0.223 e. The normalized spacial score (nSPS) is 31.2. The highest BCUT2D eigenvalue weighted by molar-refractivity contribution is 7.99. The zero-order valence-corrected chi connectivity index (χ0v) is 10.5. The number of thioether (sulfide) groups is 1. The minimum Gasteiger partial charge on any atom is -0.396 e. The zero-order chi connectivity index (χ0) is 11.4. The number of aliphatic hydroxyl groups excluding tert-OH is 1. The molecule has 0 aromatic carbocycles. The van der Waals surface area contributed by atoms with Gasteiger partial charge in [0.2, 0.25) is 5.91 Å². The Bertz CT molecular complexity index is 237. The van der Waals surface area contributed by atoms with Crippen molar-refractivity contribution in [1.29, 1.82) is 0 Å². The summed E-state index contributed by atoms with van der Waals surface area (Å²) in [5, 5.41) is 11.6. The Morgan fingerprint density at radius 1 is 1.25 bits per heavy atom. The van der Waals surface area contributed by atoms with Crippen molar-refractivity contribution in [2.45, 2.75) is 25.7 Å².